The molecule has 4 nitrogen and oxygen atoms in total. The molecule has 1 aliphatic heterocycles. The average molecular weight is 331 g/mol. The molecule has 4 heteroatoms. The Balaban J connectivity index is 1.79. The molecule has 4 rings (SSSR count). The predicted molar refractivity (Wildman–Crippen MR) is 99.7 cm³/mol. The molecule has 124 valence electrons. The van der Waals surface area contributed by atoms with Crippen molar-refractivity contribution in [3.05, 3.63) is 76.2 Å². The molecule has 25 heavy (non-hydrogen) atoms. The summed E-state index contributed by atoms with van der Waals surface area (Å²) < 4.78 is 5.30. The lowest BCUT2D eigenvalue weighted by atomic mass is 9.81. The Kier molecular flexibility index (Phi) is 3.35. The van der Waals surface area contributed by atoms with Crippen LogP contribution in [-0.2, 0) is 5.41 Å². The van der Waals surface area contributed by atoms with Crippen molar-refractivity contribution in [2.75, 3.05) is 0 Å². The Morgan fingerprint density at radius 2 is 1.76 bits per heavy atom. The molecular weight excluding hydrogens is 314 g/mol. The van der Waals surface area contributed by atoms with E-state index < -0.39 is 5.63 Å². The highest BCUT2D eigenvalue weighted by atomic mass is 16.4. The van der Waals surface area contributed by atoms with E-state index in [0.717, 1.165) is 17.0 Å². The predicted octanol–water partition coefficient (Wildman–Crippen LogP) is 4.58. The fourth-order valence-electron chi connectivity index (χ4n) is 3.21. The van der Waals surface area contributed by atoms with Gasteiger partial charge in [-0.15, -0.1) is 0 Å². The van der Waals surface area contributed by atoms with E-state index in [-0.39, 0.29) is 16.7 Å². The summed E-state index contributed by atoms with van der Waals surface area (Å²) in [6, 6.07) is 14.9. The van der Waals surface area contributed by atoms with E-state index in [1.54, 1.807) is 36.4 Å². The molecule has 0 amide bonds. The Labute approximate surface area is 144 Å². The maximum absolute atomic E-state index is 12.2. The molecule has 0 radical (unpaired) electrons. The number of rotatable bonds is 2. The number of para-hydroxylation sites is 2. The SMILES string of the molecule is CC1(C)C(C=Cc2c(O)c3ccccc3oc2=O)=Nc2ccccc21. The van der Waals surface area contributed by atoms with Gasteiger partial charge in [0.2, 0.25) is 0 Å². The van der Waals surface area contributed by atoms with Crippen molar-refractivity contribution >= 4 is 28.4 Å². The average Bonchev–Trinajstić information content (AvgIpc) is 2.86. The van der Waals surface area contributed by atoms with E-state index in [0.29, 0.717) is 11.0 Å². The van der Waals surface area contributed by atoms with Crippen molar-refractivity contribution in [2.45, 2.75) is 19.3 Å². The molecule has 0 aliphatic carbocycles. The van der Waals surface area contributed by atoms with Gasteiger partial charge >= 0.3 is 5.63 Å². The van der Waals surface area contributed by atoms with Crippen molar-refractivity contribution in [3.8, 4) is 5.75 Å². The molecule has 1 aromatic heterocycles. The molecule has 2 heterocycles. The highest BCUT2D eigenvalue weighted by Gasteiger charge is 2.33. The summed E-state index contributed by atoms with van der Waals surface area (Å²) in [5.41, 5.74) is 2.58. The van der Waals surface area contributed by atoms with E-state index in [9.17, 15) is 9.90 Å². The van der Waals surface area contributed by atoms with Crippen LogP contribution in [0.25, 0.3) is 17.0 Å². The first-order valence-electron chi connectivity index (χ1n) is 8.10. The zero-order valence-electron chi connectivity index (χ0n) is 14.0. The van der Waals surface area contributed by atoms with Gasteiger partial charge in [-0.2, -0.15) is 0 Å². The Morgan fingerprint density at radius 1 is 1.04 bits per heavy atom. The molecule has 0 spiro atoms. The molecule has 0 atom stereocenters. The Bertz CT molecular complexity index is 1100. The molecule has 0 saturated heterocycles. The number of aromatic hydroxyl groups is 1. The van der Waals surface area contributed by atoms with Crippen LogP contribution in [0.1, 0.15) is 25.0 Å². The van der Waals surface area contributed by atoms with Crippen LogP contribution in [0, 0.1) is 0 Å². The van der Waals surface area contributed by atoms with Crippen molar-refractivity contribution in [1.29, 1.82) is 0 Å². The first-order chi connectivity index (χ1) is 12.0. The number of allylic oxidation sites excluding steroid dienone is 1. The van der Waals surface area contributed by atoms with Crippen molar-refractivity contribution in [1.82, 2.24) is 0 Å². The van der Waals surface area contributed by atoms with Crippen LogP contribution in [0.15, 0.2) is 68.8 Å². The third-order valence-electron chi connectivity index (χ3n) is 4.69. The summed E-state index contributed by atoms with van der Waals surface area (Å²) in [5, 5.41) is 11.0. The number of benzene rings is 2. The summed E-state index contributed by atoms with van der Waals surface area (Å²) >= 11 is 0. The first-order valence-corrected chi connectivity index (χ1v) is 8.10. The normalized spacial score (nSPS) is 15.5. The summed E-state index contributed by atoms with van der Waals surface area (Å²) in [6.45, 7) is 4.18. The minimum Gasteiger partial charge on any atom is -0.506 e. The number of fused-ring (bicyclic) bond motifs is 2. The van der Waals surface area contributed by atoms with Gasteiger partial charge < -0.3 is 9.52 Å². The maximum atomic E-state index is 12.2. The summed E-state index contributed by atoms with van der Waals surface area (Å²) in [5.74, 6) is -0.0722. The van der Waals surface area contributed by atoms with Gasteiger partial charge in [0.05, 0.1) is 16.8 Å². The van der Waals surface area contributed by atoms with Gasteiger partial charge in [0.1, 0.15) is 16.9 Å². The zero-order valence-corrected chi connectivity index (χ0v) is 14.0. The smallest absolute Gasteiger partial charge is 0.347 e. The lowest BCUT2D eigenvalue weighted by Crippen LogP contribution is -2.23. The van der Waals surface area contributed by atoms with Gasteiger partial charge in [-0.3, -0.25) is 4.99 Å². The largest absolute Gasteiger partial charge is 0.506 e. The topological polar surface area (TPSA) is 62.8 Å². The van der Waals surface area contributed by atoms with E-state index in [4.69, 9.17) is 4.42 Å². The molecule has 0 saturated carbocycles. The number of hydrogen-bond acceptors (Lipinski definition) is 4. The molecule has 1 N–H and O–H groups in total. The Morgan fingerprint density at radius 3 is 2.56 bits per heavy atom. The highest BCUT2D eigenvalue weighted by Crippen LogP contribution is 2.40. The highest BCUT2D eigenvalue weighted by molar-refractivity contribution is 6.10. The summed E-state index contributed by atoms with van der Waals surface area (Å²) in [7, 11) is 0. The standard InChI is InChI=1S/C21H17NO3/c1-21(2)15-8-4-5-9-16(15)22-18(21)12-11-14-19(23)13-7-3-6-10-17(13)25-20(14)24/h3-12,23H,1-2H3. The monoisotopic (exact) mass is 331 g/mol. The van der Waals surface area contributed by atoms with Crippen LogP contribution in [0.3, 0.4) is 0 Å². The van der Waals surface area contributed by atoms with Gasteiger partial charge in [0, 0.05) is 5.41 Å². The number of hydrogen-bond donors (Lipinski definition) is 1. The molecule has 0 fully saturated rings. The third-order valence-corrected chi connectivity index (χ3v) is 4.69. The fourth-order valence-corrected chi connectivity index (χ4v) is 3.21. The summed E-state index contributed by atoms with van der Waals surface area (Å²) in [4.78, 5) is 16.9. The Hall–Kier alpha value is -3.14. The van der Waals surface area contributed by atoms with E-state index in [2.05, 4.69) is 24.9 Å². The second-order valence-electron chi connectivity index (χ2n) is 6.62. The second kappa shape index (κ2) is 5.45. The number of nitrogens with zero attached hydrogens (tertiary/aromatic N) is 1. The van der Waals surface area contributed by atoms with Gasteiger partial charge in [-0.05, 0) is 35.9 Å². The van der Waals surface area contributed by atoms with Gasteiger partial charge in [0.25, 0.3) is 0 Å². The maximum Gasteiger partial charge on any atom is 0.347 e. The quantitative estimate of drug-likeness (QED) is 0.699. The fraction of sp³-hybridized carbons (Fsp3) is 0.143. The van der Waals surface area contributed by atoms with Crippen LogP contribution in [-0.4, -0.2) is 10.8 Å². The minimum atomic E-state index is -0.568. The van der Waals surface area contributed by atoms with Crippen molar-refractivity contribution < 1.29 is 9.52 Å². The molecule has 3 aromatic rings. The van der Waals surface area contributed by atoms with E-state index >= 15 is 0 Å². The molecular formula is C21H17NO3. The lowest BCUT2D eigenvalue weighted by Gasteiger charge is -2.20. The molecule has 0 unspecified atom stereocenters. The van der Waals surface area contributed by atoms with Gasteiger partial charge in [-0.1, -0.05) is 44.2 Å². The third kappa shape index (κ3) is 2.38. The molecule has 1 aliphatic rings. The van der Waals surface area contributed by atoms with E-state index in [1.807, 2.05) is 18.2 Å². The van der Waals surface area contributed by atoms with Gasteiger partial charge in [-0.25, -0.2) is 4.79 Å². The van der Waals surface area contributed by atoms with Crippen LogP contribution < -0.4 is 5.63 Å². The van der Waals surface area contributed by atoms with Crippen LogP contribution >= 0.6 is 0 Å². The van der Waals surface area contributed by atoms with Crippen LogP contribution in [0.2, 0.25) is 0 Å². The lowest BCUT2D eigenvalue weighted by molar-refractivity contribution is 0.466. The van der Waals surface area contributed by atoms with Crippen LogP contribution in [0.5, 0.6) is 5.75 Å². The van der Waals surface area contributed by atoms with Crippen molar-refractivity contribution in [3.63, 3.8) is 0 Å². The number of aliphatic imine (C=N–C) groups is 1. The molecule has 2 aromatic carbocycles. The minimum absolute atomic E-state index is 0.0722. The second-order valence-corrected chi connectivity index (χ2v) is 6.62. The summed E-state index contributed by atoms with van der Waals surface area (Å²) in [6.07, 6.45) is 3.36. The zero-order chi connectivity index (χ0) is 17.6. The van der Waals surface area contributed by atoms with E-state index in [1.165, 1.54) is 0 Å². The van der Waals surface area contributed by atoms with Crippen LogP contribution in [0.4, 0.5) is 5.69 Å². The first kappa shape index (κ1) is 15.4. The van der Waals surface area contributed by atoms with Gasteiger partial charge in [0.15, 0.2) is 0 Å². The van der Waals surface area contributed by atoms with Crippen molar-refractivity contribution in [2.24, 2.45) is 4.99 Å². The molecule has 0 bridgehead atoms.